The fourth-order valence-corrected chi connectivity index (χ4v) is 1.45. The van der Waals surface area contributed by atoms with Gasteiger partial charge in [0, 0.05) is 11.6 Å². The second-order valence-electron chi connectivity index (χ2n) is 3.56. The Labute approximate surface area is 92.6 Å². The summed E-state index contributed by atoms with van der Waals surface area (Å²) in [6.45, 7) is 0. The molecular weight excluding hydrogens is 216 g/mol. The number of methoxy groups -OCH3 is 1. The van der Waals surface area contributed by atoms with Crippen molar-refractivity contribution >= 4 is 5.97 Å². The molecule has 3 nitrogen and oxygen atoms in total. The van der Waals surface area contributed by atoms with Crippen molar-refractivity contribution in [1.82, 2.24) is 4.90 Å². The largest absolute Gasteiger partial charge is 0.468 e. The van der Waals surface area contributed by atoms with E-state index in [0.717, 1.165) is 12.1 Å². The molecule has 0 N–H and O–H groups in total. The van der Waals surface area contributed by atoms with Crippen LogP contribution in [0.4, 0.5) is 8.78 Å². The molecule has 0 bridgehead atoms. The molecule has 0 spiro atoms. The smallest absolute Gasteiger partial charge is 0.327 e. The van der Waals surface area contributed by atoms with Crippen LogP contribution in [0, 0.1) is 11.6 Å². The van der Waals surface area contributed by atoms with Crippen molar-refractivity contribution in [1.29, 1.82) is 0 Å². The zero-order chi connectivity index (χ0) is 12.3. The number of likely N-dealkylation sites (N-methyl/N-ethyl adjacent to an activating group) is 1. The fourth-order valence-electron chi connectivity index (χ4n) is 1.45. The number of carbonyl (C=O) groups excluding carboxylic acids is 1. The first-order chi connectivity index (χ1) is 7.47. The van der Waals surface area contributed by atoms with E-state index >= 15 is 0 Å². The second kappa shape index (κ2) is 5.03. The van der Waals surface area contributed by atoms with Gasteiger partial charge < -0.3 is 4.74 Å². The third kappa shape index (κ3) is 2.55. The van der Waals surface area contributed by atoms with Gasteiger partial charge in [0.15, 0.2) is 0 Å². The summed E-state index contributed by atoms with van der Waals surface area (Å²) < 4.78 is 30.8. The highest BCUT2D eigenvalue weighted by atomic mass is 19.1. The number of hydrogen-bond acceptors (Lipinski definition) is 3. The zero-order valence-electron chi connectivity index (χ0n) is 9.33. The Kier molecular flexibility index (Phi) is 3.95. The van der Waals surface area contributed by atoms with Crippen LogP contribution in [0.2, 0.25) is 0 Å². The lowest BCUT2D eigenvalue weighted by atomic mass is 10.1. The molecule has 0 amide bonds. The molecule has 0 saturated carbocycles. The molecule has 1 aromatic carbocycles. The molecule has 0 aromatic heterocycles. The number of nitrogens with zero attached hydrogens (tertiary/aromatic N) is 1. The molecule has 88 valence electrons. The minimum Gasteiger partial charge on any atom is -0.468 e. The predicted octanol–water partition coefficient (Wildman–Crippen LogP) is 1.74. The quantitative estimate of drug-likeness (QED) is 0.739. The van der Waals surface area contributed by atoms with Gasteiger partial charge in [-0.05, 0) is 20.2 Å². The monoisotopic (exact) mass is 229 g/mol. The average Bonchev–Trinajstić information content (AvgIpc) is 2.21. The average molecular weight is 229 g/mol. The van der Waals surface area contributed by atoms with Crippen LogP contribution in [0.5, 0.6) is 0 Å². The summed E-state index contributed by atoms with van der Waals surface area (Å²) in [5.74, 6) is -2.02. The van der Waals surface area contributed by atoms with Crippen LogP contribution in [-0.4, -0.2) is 32.1 Å². The van der Waals surface area contributed by atoms with E-state index in [1.54, 1.807) is 14.1 Å². The maximum absolute atomic E-state index is 13.5. The standard InChI is InChI=1S/C11H13F2NO2/c1-14(2)10(11(15)16-3)8-5-4-7(12)6-9(8)13/h4-6,10H,1-3H3. The molecular formula is C11H13F2NO2. The van der Waals surface area contributed by atoms with E-state index in [9.17, 15) is 13.6 Å². The molecule has 0 heterocycles. The number of esters is 1. The van der Waals surface area contributed by atoms with Crippen molar-refractivity contribution in [2.45, 2.75) is 6.04 Å². The van der Waals surface area contributed by atoms with Crippen LogP contribution < -0.4 is 0 Å². The van der Waals surface area contributed by atoms with E-state index < -0.39 is 23.6 Å². The highest BCUT2D eigenvalue weighted by molar-refractivity contribution is 5.77. The van der Waals surface area contributed by atoms with Crippen molar-refractivity contribution < 1.29 is 18.3 Å². The molecule has 0 fully saturated rings. The van der Waals surface area contributed by atoms with Gasteiger partial charge in [-0.2, -0.15) is 0 Å². The molecule has 1 aromatic rings. The minimum absolute atomic E-state index is 0.0956. The van der Waals surface area contributed by atoms with E-state index in [-0.39, 0.29) is 5.56 Å². The van der Waals surface area contributed by atoms with E-state index in [4.69, 9.17) is 0 Å². The number of carbonyl (C=O) groups is 1. The summed E-state index contributed by atoms with van der Waals surface area (Å²) in [4.78, 5) is 13.0. The molecule has 0 aliphatic rings. The van der Waals surface area contributed by atoms with Crippen LogP contribution in [0.25, 0.3) is 0 Å². The van der Waals surface area contributed by atoms with E-state index in [1.807, 2.05) is 0 Å². The lowest BCUT2D eigenvalue weighted by Gasteiger charge is -2.22. The fraction of sp³-hybridized carbons (Fsp3) is 0.364. The first-order valence-corrected chi connectivity index (χ1v) is 4.66. The molecule has 0 aliphatic carbocycles. The first-order valence-electron chi connectivity index (χ1n) is 4.66. The van der Waals surface area contributed by atoms with Crippen LogP contribution in [0.3, 0.4) is 0 Å². The molecule has 16 heavy (non-hydrogen) atoms. The molecule has 1 rings (SSSR count). The second-order valence-corrected chi connectivity index (χ2v) is 3.56. The molecule has 0 saturated heterocycles. The van der Waals surface area contributed by atoms with Crippen LogP contribution in [0.15, 0.2) is 18.2 Å². The molecule has 1 unspecified atom stereocenters. The van der Waals surface area contributed by atoms with Gasteiger partial charge in [-0.3, -0.25) is 4.90 Å². The maximum Gasteiger partial charge on any atom is 0.327 e. The van der Waals surface area contributed by atoms with Crippen molar-refractivity contribution in [3.05, 3.63) is 35.4 Å². The lowest BCUT2D eigenvalue weighted by molar-refractivity contribution is -0.146. The van der Waals surface area contributed by atoms with Crippen LogP contribution >= 0.6 is 0 Å². The SMILES string of the molecule is COC(=O)C(c1ccc(F)cc1F)N(C)C. The Hall–Kier alpha value is -1.49. The molecule has 5 heteroatoms. The summed E-state index contributed by atoms with van der Waals surface area (Å²) in [7, 11) is 4.45. The van der Waals surface area contributed by atoms with Crippen LogP contribution in [-0.2, 0) is 9.53 Å². The topological polar surface area (TPSA) is 29.5 Å². The van der Waals surface area contributed by atoms with Gasteiger partial charge in [0.2, 0.25) is 0 Å². The molecule has 0 aliphatic heterocycles. The van der Waals surface area contributed by atoms with Crippen LogP contribution in [0.1, 0.15) is 11.6 Å². The number of hydrogen-bond donors (Lipinski definition) is 0. The van der Waals surface area contributed by atoms with Gasteiger partial charge >= 0.3 is 5.97 Å². The predicted molar refractivity (Wildman–Crippen MR) is 54.8 cm³/mol. The third-order valence-electron chi connectivity index (χ3n) is 2.20. The summed E-state index contributed by atoms with van der Waals surface area (Å²) in [5.41, 5.74) is 0.0956. The van der Waals surface area contributed by atoms with Crippen molar-refractivity contribution in [2.75, 3.05) is 21.2 Å². The first kappa shape index (κ1) is 12.6. The summed E-state index contributed by atoms with van der Waals surface area (Å²) in [6.07, 6.45) is 0. The van der Waals surface area contributed by atoms with Gasteiger partial charge in [0.1, 0.15) is 17.7 Å². The third-order valence-corrected chi connectivity index (χ3v) is 2.20. The maximum atomic E-state index is 13.5. The molecule has 0 radical (unpaired) electrons. The Balaban J connectivity index is 3.16. The Bertz CT molecular complexity index is 394. The van der Waals surface area contributed by atoms with Gasteiger partial charge in [-0.1, -0.05) is 6.07 Å². The Morgan fingerprint density at radius 1 is 1.38 bits per heavy atom. The summed E-state index contributed by atoms with van der Waals surface area (Å²) in [6, 6.07) is 2.23. The van der Waals surface area contributed by atoms with Crippen molar-refractivity contribution in [3.8, 4) is 0 Å². The van der Waals surface area contributed by atoms with E-state index in [0.29, 0.717) is 0 Å². The van der Waals surface area contributed by atoms with Gasteiger partial charge in [-0.25, -0.2) is 13.6 Å². The number of benzene rings is 1. The van der Waals surface area contributed by atoms with E-state index in [1.165, 1.54) is 18.1 Å². The number of halogens is 2. The highest BCUT2D eigenvalue weighted by Gasteiger charge is 2.26. The normalized spacial score (nSPS) is 12.6. The van der Waals surface area contributed by atoms with Gasteiger partial charge in [0.25, 0.3) is 0 Å². The summed E-state index contributed by atoms with van der Waals surface area (Å²) in [5, 5.41) is 0. The molecule has 1 atom stereocenters. The summed E-state index contributed by atoms with van der Waals surface area (Å²) >= 11 is 0. The highest BCUT2D eigenvalue weighted by Crippen LogP contribution is 2.23. The Morgan fingerprint density at radius 2 is 2.00 bits per heavy atom. The minimum atomic E-state index is -0.870. The number of ether oxygens (including phenoxy) is 1. The van der Waals surface area contributed by atoms with Gasteiger partial charge in [0.05, 0.1) is 7.11 Å². The van der Waals surface area contributed by atoms with Crippen molar-refractivity contribution in [2.24, 2.45) is 0 Å². The number of rotatable bonds is 3. The van der Waals surface area contributed by atoms with Crippen molar-refractivity contribution in [3.63, 3.8) is 0 Å². The Morgan fingerprint density at radius 3 is 2.44 bits per heavy atom. The zero-order valence-corrected chi connectivity index (χ0v) is 9.33. The van der Waals surface area contributed by atoms with Gasteiger partial charge in [-0.15, -0.1) is 0 Å². The van der Waals surface area contributed by atoms with E-state index in [2.05, 4.69) is 4.74 Å². The lowest BCUT2D eigenvalue weighted by Crippen LogP contribution is -2.29.